The molecule has 2 aromatic rings. The van der Waals surface area contributed by atoms with E-state index in [9.17, 15) is 4.79 Å². The number of carbonyl (C=O) groups excluding carboxylic acids is 1. The van der Waals surface area contributed by atoms with Crippen LogP contribution in [0.3, 0.4) is 0 Å². The molecule has 1 aliphatic carbocycles. The van der Waals surface area contributed by atoms with Crippen LogP contribution < -0.4 is 0 Å². The first-order valence-corrected chi connectivity index (χ1v) is 10.7. The predicted molar refractivity (Wildman–Crippen MR) is 111 cm³/mol. The van der Waals surface area contributed by atoms with Crippen LogP contribution in [0.2, 0.25) is 0 Å². The van der Waals surface area contributed by atoms with Gasteiger partial charge in [0.1, 0.15) is 0 Å². The Hall–Kier alpha value is -2.07. The van der Waals surface area contributed by atoms with Gasteiger partial charge >= 0.3 is 5.97 Å². The van der Waals surface area contributed by atoms with E-state index in [2.05, 4.69) is 48.5 Å². The van der Waals surface area contributed by atoms with E-state index in [0.29, 0.717) is 12.3 Å². The fourth-order valence-corrected chi connectivity index (χ4v) is 3.65. The highest BCUT2D eigenvalue weighted by molar-refractivity contribution is 7.99. The molecule has 0 radical (unpaired) electrons. The molecule has 0 aromatic heterocycles. The van der Waals surface area contributed by atoms with Crippen LogP contribution in [0.1, 0.15) is 57.4 Å². The molecular formula is C23H27NO2S. The lowest BCUT2D eigenvalue weighted by molar-refractivity contribution is -0.143. The lowest BCUT2D eigenvalue weighted by Gasteiger charge is -2.07. The largest absolute Gasteiger partial charge is 0.335 e. The van der Waals surface area contributed by atoms with Gasteiger partial charge < -0.3 is 4.84 Å². The smallest absolute Gasteiger partial charge is 0.318 e. The summed E-state index contributed by atoms with van der Waals surface area (Å²) >= 11 is 1.74. The first kappa shape index (κ1) is 19.7. The molecular weight excluding hydrogens is 354 g/mol. The number of nitrogens with zero attached hydrogens (tertiary/aromatic N) is 1. The van der Waals surface area contributed by atoms with Crippen molar-refractivity contribution < 1.29 is 9.63 Å². The third-order valence-electron chi connectivity index (χ3n) is 4.59. The zero-order chi connectivity index (χ0) is 18.9. The van der Waals surface area contributed by atoms with Gasteiger partial charge in [0.15, 0.2) is 0 Å². The summed E-state index contributed by atoms with van der Waals surface area (Å²) in [6.45, 7) is 2.12. The Balaban J connectivity index is 1.63. The van der Waals surface area contributed by atoms with Crippen LogP contribution in [-0.4, -0.2) is 11.7 Å². The summed E-state index contributed by atoms with van der Waals surface area (Å²) in [5.41, 5.74) is 1.93. The zero-order valence-corrected chi connectivity index (χ0v) is 16.7. The molecule has 4 heteroatoms. The summed E-state index contributed by atoms with van der Waals surface area (Å²) in [6, 6.07) is 18.7. The number of carbonyl (C=O) groups is 1. The lowest BCUT2D eigenvalue weighted by Crippen LogP contribution is -2.07. The van der Waals surface area contributed by atoms with E-state index in [4.69, 9.17) is 4.84 Å². The molecule has 0 heterocycles. The van der Waals surface area contributed by atoms with Gasteiger partial charge in [0.05, 0.1) is 5.71 Å². The average molecular weight is 382 g/mol. The highest BCUT2D eigenvalue weighted by Crippen LogP contribution is 2.34. The van der Waals surface area contributed by atoms with Crippen molar-refractivity contribution in [1.29, 1.82) is 0 Å². The summed E-state index contributed by atoms with van der Waals surface area (Å²) < 4.78 is 0. The first-order valence-electron chi connectivity index (χ1n) is 9.84. The molecule has 0 saturated heterocycles. The maximum absolute atomic E-state index is 11.9. The van der Waals surface area contributed by atoms with Crippen molar-refractivity contribution in [2.75, 3.05) is 0 Å². The number of hydrogen-bond donors (Lipinski definition) is 0. The molecule has 1 saturated carbocycles. The maximum Gasteiger partial charge on any atom is 0.335 e. The van der Waals surface area contributed by atoms with E-state index in [-0.39, 0.29) is 5.97 Å². The Labute approximate surface area is 166 Å². The van der Waals surface area contributed by atoms with Gasteiger partial charge in [0, 0.05) is 16.2 Å². The minimum Gasteiger partial charge on any atom is -0.318 e. The minimum atomic E-state index is -0.229. The van der Waals surface area contributed by atoms with Crippen molar-refractivity contribution in [1.82, 2.24) is 0 Å². The van der Waals surface area contributed by atoms with Crippen molar-refractivity contribution >= 4 is 23.4 Å². The molecule has 0 bridgehead atoms. The topological polar surface area (TPSA) is 38.7 Å². The highest BCUT2D eigenvalue weighted by Gasteiger charge is 2.24. The van der Waals surface area contributed by atoms with Gasteiger partial charge in [-0.3, -0.25) is 0 Å². The molecule has 3 rings (SSSR count). The molecule has 0 spiro atoms. The third kappa shape index (κ3) is 6.87. The van der Waals surface area contributed by atoms with Crippen LogP contribution in [-0.2, 0) is 9.63 Å². The van der Waals surface area contributed by atoms with Crippen LogP contribution in [0.15, 0.2) is 69.5 Å². The first-order chi connectivity index (χ1) is 13.2. The normalized spacial score (nSPS) is 14.2. The second kappa shape index (κ2) is 10.3. The Morgan fingerprint density at radius 3 is 2.41 bits per heavy atom. The molecule has 0 atom stereocenters. The van der Waals surface area contributed by atoms with Crippen molar-refractivity contribution in [3.05, 3.63) is 60.2 Å². The second-order valence-corrected chi connectivity index (χ2v) is 8.19. The Morgan fingerprint density at radius 1 is 1.04 bits per heavy atom. The van der Waals surface area contributed by atoms with Crippen molar-refractivity contribution in [2.45, 2.75) is 61.7 Å². The maximum atomic E-state index is 11.9. The molecule has 0 N–H and O–H groups in total. The molecule has 142 valence electrons. The molecule has 0 aliphatic heterocycles. The van der Waals surface area contributed by atoms with Crippen molar-refractivity contribution in [2.24, 2.45) is 11.1 Å². The number of unbranched alkanes of at least 4 members (excludes halogenated alkanes) is 2. The van der Waals surface area contributed by atoms with Gasteiger partial charge in [0.2, 0.25) is 0 Å². The molecule has 3 nitrogen and oxygen atoms in total. The molecule has 1 fully saturated rings. The fourth-order valence-electron chi connectivity index (χ4n) is 2.81. The zero-order valence-electron chi connectivity index (χ0n) is 15.9. The number of rotatable bonds is 10. The summed E-state index contributed by atoms with van der Waals surface area (Å²) in [7, 11) is 0. The number of benzene rings is 2. The number of hydrogen-bond acceptors (Lipinski definition) is 4. The van der Waals surface area contributed by atoms with Gasteiger partial charge in [0.25, 0.3) is 0 Å². The van der Waals surface area contributed by atoms with Crippen LogP contribution >= 0.6 is 11.8 Å². The van der Waals surface area contributed by atoms with Crippen molar-refractivity contribution in [3.63, 3.8) is 0 Å². The minimum absolute atomic E-state index is 0.229. The third-order valence-corrected chi connectivity index (χ3v) is 5.60. The highest BCUT2D eigenvalue weighted by atomic mass is 32.2. The summed E-state index contributed by atoms with van der Waals surface area (Å²) in [5, 5.41) is 4.23. The predicted octanol–water partition coefficient (Wildman–Crippen LogP) is 6.47. The number of oxime groups is 1. The van der Waals surface area contributed by atoms with E-state index < -0.39 is 0 Å². The molecule has 2 aromatic carbocycles. The fraction of sp³-hybridized carbons (Fsp3) is 0.391. The lowest BCUT2D eigenvalue weighted by atomic mass is 10.1. The van der Waals surface area contributed by atoms with E-state index in [1.54, 1.807) is 11.8 Å². The summed E-state index contributed by atoms with van der Waals surface area (Å²) in [6.07, 6.45) is 6.82. The van der Waals surface area contributed by atoms with Gasteiger partial charge in [-0.15, -0.1) is 0 Å². The van der Waals surface area contributed by atoms with Gasteiger partial charge in [-0.2, -0.15) is 0 Å². The quantitative estimate of drug-likeness (QED) is 0.205. The molecule has 0 unspecified atom stereocenters. The summed E-state index contributed by atoms with van der Waals surface area (Å²) in [5.74, 6) is 0.453. The Bertz CT molecular complexity index is 752. The van der Waals surface area contributed by atoms with Gasteiger partial charge in [-0.1, -0.05) is 67.0 Å². The monoisotopic (exact) mass is 381 g/mol. The van der Waals surface area contributed by atoms with E-state index in [1.807, 2.05) is 18.2 Å². The van der Waals surface area contributed by atoms with Crippen LogP contribution in [0, 0.1) is 5.92 Å². The molecule has 27 heavy (non-hydrogen) atoms. The van der Waals surface area contributed by atoms with Crippen LogP contribution in [0.4, 0.5) is 0 Å². The molecule has 0 amide bonds. The van der Waals surface area contributed by atoms with Gasteiger partial charge in [-0.25, -0.2) is 4.79 Å². The second-order valence-electron chi connectivity index (χ2n) is 7.05. The van der Waals surface area contributed by atoms with E-state index in [1.165, 1.54) is 22.6 Å². The van der Waals surface area contributed by atoms with Crippen molar-refractivity contribution in [3.8, 4) is 0 Å². The average Bonchev–Trinajstić information content (AvgIpc) is 3.51. The SMILES string of the molecule is CCCCCC(=O)O/N=C(\CC1CC1)c1ccc(Sc2ccccc2)cc1. The molecule has 1 aliphatic rings. The van der Waals surface area contributed by atoms with Crippen LogP contribution in [0.25, 0.3) is 0 Å². The summed E-state index contributed by atoms with van der Waals surface area (Å²) in [4.78, 5) is 19.5. The van der Waals surface area contributed by atoms with E-state index in [0.717, 1.165) is 37.0 Å². The van der Waals surface area contributed by atoms with E-state index >= 15 is 0 Å². The van der Waals surface area contributed by atoms with Crippen LogP contribution in [0.5, 0.6) is 0 Å². The Morgan fingerprint density at radius 2 is 1.74 bits per heavy atom. The standard InChI is InChI=1S/C23H27NO2S/c1-2-3-5-10-23(25)26-24-22(17-18-11-12-18)19-13-15-21(16-14-19)27-20-8-6-4-7-9-20/h4,6-9,13-16,18H,2-3,5,10-12,17H2,1H3/b24-22+. The Kier molecular flexibility index (Phi) is 7.52. The van der Waals surface area contributed by atoms with Gasteiger partial charge in [-0.05, 0) is 61.4 Å².